The molecule has 2 aliphatic rings. The molecule has 1 aromatic rings. The summed E-state index contributed by atoms with van der Waals surface area (Å²) in [4.78, 5) is 25.6. The molecule has 1 saturated heterocycles. The second-order valence-corrected chi connectivity index (χ2v) is 6.33. The maximum absolute atomic E-state index is 13.6. The van der Waals surface area contributed by atoms with Crippen LogP contribution >= 0.6 is 0 Å². The monoisotopic (exact) mass is 344 g/mol. The van der Waals surface area contributed by atoms with Crippen molar-refractivity contribution in [3.63, 3.8) is 0 Å². The average molecular weight is 344 g/mol. The number of nitrogens with zero attached hydrogens (tertiary/aromatic N) is 1. The zero-order valence-corrected chi connectivity index (χ0v) is 12.9. The lowest BCUT2D eigenvalue weighted by molar-refractivity contribution is -0.145. The van der Waals surface area contributed by atoms with Gasteiger partial charge in [-0.25, -0.2) is 4.39 Å². The van der Waals surface area contributed by atoms with Crippen molar-refractivity contribution < 1.29 is 27.2 Å². The number of rotatable bonds is 3. The van der Waals surface area contributed by atoms with E-state index in [4.69, 9.17) is 0 Å². The van der Waals surface area contributed by atoms with Gasteiger partial charge in [-0.1, -0.05) is 0 Å². The van der Waals surface area contributed by atoms with Crippen LogP contribution in [0.1, 0.15) is 24.0 Å². The first-order valence-corrected chi connectivity index (χ1v) is 7.56. The third-order valence-corrected chi connectivity index (χ3v) is 4.72. The Labute approximate surface area is 135 Å². The summed E-state index contributed by atoms with van der Waals surface area (Å²) in [5.74, 6) is -1.81. The van der Waals surface area contributed by atoms with Crippen LogP contribution in [0.25, 0.3) is 0 Å². The summed E-state index contributed by atoms with van der Waals surface area (Å²) in [5, 5.41) is 2.49. The minimum atomic E-state index is -4.67. The fraction of sp³-hybridized carbons (Fsp3) is 0.500. The summed E-state index contributed by atoms with van der Waals surface area (Å²) in [6, 6.07) is 2.27. The molecule has 4 nitrogen and oxygen atoms in total. The summed E-state index contributed by atoms with van der Waals surface area (Å²) in [6.07, 6.45) is -3.90. The molecule has 0 atom stereocenters. The quantitative estimate of drug-likeness (QED) is 0.854. The molecule has 1 aliphatic heterocycles. The van der Waals surface area contributed by atoms with Gasteiger partial charge in [0.15, 0.2) is 0 Å². The number of nitrogens with one attached hydrogen (secondary N) is 1. The Kier molecular flexibility index (Phi) is 3.80. The Morgan fingerprint density at radius 2 is 1.83 bits per heavy atom. The van der Waals surface area contributed by atoms with E-state index in [9.17, 15) is 27.2 Å². The summed E-state index contributed by atoms with van der Waals surface area (Å²) < 4.78 is 52.2. The Morgan fingerprint density at radius 1 is 1.21 bits per heavy atom. The first-order valence-electron chi connectivity index (χ1n) is 7.56. The Hall–Kier alpha value is -2.12. The van der Waals surface area contributed by atoms with E-state index in [1.54, 1.807) is 0 Å². The number of likely N-dealkylation sites (tertiary alicyclic amines) is 1. The number of hydrogen-bond acceptors (Lipinski definition) is 2. The second-order valence-electron chi connectivity index (χ2n) is 6.33. The van der Waals surface area contributed by atoms with E-state index in [0.717, 1.165) is 12.1 Å². The van der Waals surface area contributed by atoms with E-state index in [2.05, 4.69) is 5.32 Å². The Balaban J connectivity index is 1.81. The molecule has 1 aromatic carbocycles. The molecule has 8 heteroatoms. The first-order chi connectivity index (χ1) is 11.2. The van der Waals surface area contributed by atoms with Crippen molar-refractivity contribution in [1.82, 2.24) is 10.2 Å². The first kappa shape index (κ1) is 16.7. The molecule has 1 heterocycles. The van der Waals surface area contributed by atoms with Crippen LogP contribution in [0, 0.1) is 11.7 Å². The van der Waals surface area contributed by atoms with Crippen molar-refractivity contribution in [1.29, 1.82) is 0 Å². The van der Waals surface area contributed by atoms with Gasteiger partial charge in [-0.15, -0.1) is 0 Å². The van der Waals surface area contributed by atoms with Gasteiger partial charge < -0.3 is 10.2 Å². The van der Waals surface area contributed by atoms with E-state index >= 15 is 0 Å². The van der Waals surface area contributed by atoms with E-state index in [1.807, 2.05) is 0 Å². The summed E-state index contributed by atoms with van der Waals surface area (Å²) >= 11 is 0. The van der Waals surface area contributed by atoms with E-state index < -0.39 is 23.0 Å². The molecule has 0 aromatic heterocycles. The number of carbonyl (C=O) groups excluding carboxylic acids is 2. The summed E-state index contributed by atoms with van der Waals surface area (Å²) in [5.41, 5.74) is -2.12. The van der Waals surface area contributed by atoms with Gasteiger partial charge in [0.2, 0.25) is 11.8 Å². The van der Waals surface area contributed by atoms with E-state index in [0.29, 0.717) is 18.9 Å². The van der Waals surface area contributed by atoms with Crippen LogP contribution in [0.15, 0.2) is 18.2 Å². The maximum Gasteiger partial charge on any atom is 0.416 e. The number of alkyl halides is 3. The van der Waals surface area contributed by atoms with Gasteiger partial charge in [-0.2, -0.15) is 13.2 Å². The smallest absolute Gasteiger partial charge is 0.359 e. The molecule has 1 aliphatic carbocycles. The van der Waals surface area contributed by atoms with Gasteiger partial charge >= 0.3 is 6.18 Å². The highest BCUT2D eigenvalue weighted by atomic mass is 19.4. The highest BCUT2D eigenvalue weighted by Gasteiger charge is 2.55. The standard InChI is InChI=1S/C16H16F4N2O2/c1-21-13(23)9-7-22(8-9)14(24)15(2-3-15)10-4-11(16(18,19)20)6-12(17)5-10/h4-6,9H,2-3,7-8H2,1H3,(H,21,23). The largest absolute Gasteiger partial charge is 0.416 e. The highest BCUT2D eigenvalue weighted by Crippen LogP contribution is 2.51. The van der Waals surface area contributed by atoms with Crippen molar-refractivity contribution in [2.24, 2.45) is 5.92 Å². The maximum atomic E-state index is 13.6. The molecule has 0 spiro atoms. The van der Waals surface area contributed by atoms with Gasteiger partial charge in [0.05, 0.1) is 16.9 Å². The van der Waals surface area contributed by atoms with Crippen molar-refractivity contribution >= 4 is 11.8 Å². The zero-order chi connectivity index (χ0) is 17.7. The Morgan fingerprint density at radius 3 is 2.33 bits per heavy atom. The highest BCUT2D eigenvalue weighted by molar-refractivity contribution is 5.93. The molecule has 24 heavy (non-hydrogen) atoms. The molecule has 2 amide bonds. The van der Waals surface area contributed by atoms with Crippen molar-refractivity contribution in [3.05, 3.63) is 35.1 Å². The van der Waals surface area contributed by atoms with Gasteiger partial charge in [0.1, 0.15) is 5.82 Å². The molecule has 0 unspecified atom stereocenters. The van der Waals surface area contributed by atoms with Gasteiger partial charge in [0, 0.05) is 20.1 Å². The topological polar surface area (TPSA) is 49.4 Å². The third-order valence-electron chi connectivity index (χ3n) is 4.72. The van der Waals surface area contributed by atoms with E-state index in [-0.39, 0.29) is 36.4 Å². The Bertz CT molecular complexity index is 692. The molecule has 0 bridgehead atoms. The van der Waals surface area contributed by atoms with Gasteiger partial charge in [-0.05, 0) is 36.6 Å². The molecule has 1 N–H and O–H groups in total. The average Bonchev–Trinajstić information content (AvgIpc) is 3.25. The number of amides is 2. The molecular formula is C16H16F4N2O2. The number of hydrogen-bond donors (Lipinski definition) is 1. The lowest BCUT2D eigenvalue weighted by Gasteiger charge is -2.40. The summed E-state index contributed by atoms with van der Waals surface area (Å²) in [7, 11) is 1.50. The predicted octanol–water partition coefficient (Wildman–Crippen LogP) is 2.08. The number of benzene rings is 1. The van der Waals surface area contributed by atoms with Crippen LogP contribution in [0.5, 0.6) is 0 Å². The normalized spacial score (nSPS) is 19.6. The SMILES string of the molecule is CNC(=O)C1CN(C(=O)C2(c3cc(F)cc(C(F)(F)F)c3)CC2)C1. The molecule has 2 fully saturated rings. The van der Waals surface area contributed by atoms with Gasteiger partial charge in [-0.3, -0.25) is 9.59 Å². The van der Waals surface area contributed by atoms with Crippen LogP contribution < -0.4 is 5.32 Å². The molecule has 1 saturated carbocycles. The van der Waals surface area contributed by atoms with Crippen LogP contribution in [0.4, 0.5) is 17.6 Å². The fourth-order valence-corrected chi connectivity index (χ4v) is 3.10. The van der Waals surface area contributed by atoms with Crippen LogP contribution in [-0.4, -0.2) is 36.9 Å². The lowest BCUT2D eigenvalue weighted by atomic mass is 9.89. The van der Waals surface area contributed by atoms with Crippen molar-refractivity contribution in [2.75, 3.05) is 20.1 Å². The molecule has 130 valence electrons. The van der Waals surface area contributed by atoms with E-state index in [1.165, 1.54) is 11.9 Å². The second kappa shape index (κ2) is 5.46. The minimum absolute atomic E-state index is 0.0585. The number of carbonyl (C=O) groups is 2. The van der Waals surface area contributed by atoms with Crippen LogP contribution in [0.2, 0.25) is 0 Å². The third kappa shape index (κ3) is 2.74. The minimum Gasteiger partial charge on any atom is -0.359 e. The molecular weight excluding hydrogens is 328 g/mol. The van der Waals surface area contributed by atoms with Crippen LogP contribution in [0.3, 0.4) is 0 Å². The van der Waals surface area contributed by atoms with Gasteiger partial charge in [0.25, 0.3) is 0 Å². The lowest BCUT2D eigenvalue weighted by Crippen LogP contribution is -2.57. The zero-order valence-electron chi connectivity index (χ0n) is 12.9. The number of halogens is 4. The molecule has 3 rings (SSSR count). The predicted molar refractivity (Wildman–Crippen MR) is 76.5 cm³/mol. The fourth-order valence-electron chi connectivity index (χ4n) is 3.10. The molecule has 0 radical (unpaired) electrons. The van der Waals surface area contributed by atoms with Crippen molar-refractivity contribution in [2.45, 2.75) is 24.4 Å². The van der Waals surface area contributed by atoms with Crippen LogP contribution in [-0.2, 0) is 21.2 Å². The van der Waals surface area contributed by atoms with Crippen molar-refractivity contribution in [3.8, 4) is 0 Å². The summed E-state index contributed by atoms with van der Waals surface area (Å²) in [6.45, 7) is 0.476.